The first kappa shape index (κ1) is 10.3. The van der Waals surface area contributed by atoms with Crippen LogP contribution in [0.15, 0.2) is 0 Å². The smallest absolute Gasteiger partial charge is 0.00399 e. The highest BCUT2D eigenvalue weighted by Crippen LogP contribution is 1.83. The topological polar surface area (TPSA) is 12.0 Å². The fourth-order valence-corrected chi connectivity index (χ4v) is 0. The summed E-state index contributed by atoms with van der Waals surface area (Å²) in [6, 6.07) is 0. The van der Waals surface area contributed by atoms with Gasteiger partial charge >= 0.3 is 0 Å². The molecule has 0 aromatic heterocycles. The zero-order valence-electron chi connectivity index (χ0n) is 5.52. The Labute approximate surface area is 51.9 Å². The van der Waals surface area contributed by atoms with Gasteiger partial charge in [0.05, 0.1) is 0 Å². The summed E-state index contributed by atoms with van der Waals surface area (Å²) >= 11 is 3.97. The van der Waals surface area contributed by atoms with Gasteiger partial charge in [0.15, 0.2) is 0 Å². The number of hydrogen-bond acceptors (Lipinski definition) is 2. The Kier molecular flexibility index (Phi) is 14.1. The summed E-state index contributed by atoms with van der Waals surface area (Å²) in [6.07, 6.45) is 0. The average molecular weight is 121 g/mol. The highest BCUT2D eigenvalue weighted by atomic mass is 32.1. The fraction of sp³-hybridized carbons (Fsp3) is 1.00. The lowest BCUT2D eigenvalue weighted by Crippen LogP contribution is -1.89. The van der Waals surface area contributed by atoms with E-state index in [1.54, 1.807) is 0 Å². The molecule has 0 unspecified atom stereocenters. The van der Waals surface area contributed by atoms with Crippen molar-refractivity contribution < 1.29 is 0 Å². The molecule has 0 aromatic carbocycles. The molecule has 2 heteroatoms. The third-order valence-corrected chi connectivity index (χ3v) is 0. The minimum absolute atomic E-state index is 0.528. The summed E-state index contributed by atoms with van der Waals surface area (Å²) in [5.74, 6) is 0. The molecule has 1 N–H and O–H groups in total. The molecule has 0 aliphatic heterocycles. The molecule has 0 saturated heterocycles. The second-order valence-electron chi connectivity index (χ2n) is 1.59. The van der Waals surface area contributed by atoms with Crippen molar-refractivity contribution in [3.8, 4) is 0 Å². The van der Waals surface area contributed by atoms with E-state index in [4.69, 9.17) is 0 Å². The van der Waals surface area contributed by atoms with Crippen LogP contribution in [0.25, 0.3) is 0 Å². The van der Waals surface area contributed by atoms with Crippen molar-refractivity contribution in [1.29, 1.82) is 0 Å². The van der Waals surface area contributed by atoms with Gasteiger partial charge in [0, 0.05) is 0 Å². The van der Waals surface area contributed by atoms with Gasteiger partial charge in [-0.15, -0.1) is 0 Å². The van der Waals surface area contributed by atoms with Crippen molar-refractivity contribution in [2.45, 2.75) is 19.1 Å². The molecule has 0 radical (unpaired) electrons. The van der Waals surface area contributed by atoms with E-state index < -0.39 is 0 Å². The van der Waals surface area contributed by atoms with E-state index in [1.165, 1.54) is 0 Å². The molecule has 0 aliphatic rings. The van der Waals surface area contributed by atoms with Gasteiger partial charge in [0.2, 0.25) is 0 Å². The Morgan fingerprint density at radius 1 is 1.29 bits per heavy atom. The molecule has 0 bridgehead atoms. The second-order valence-corrected chi connectivity index (χ2v) is 2.63. The van der Waals surface area contributed by atoms with Gasteiger partial charge in [-0.1, -0.05) is 13.8 Å². The summed E-state index contributed by atoms with van der Waals surface area (Å²) in [5, 5.41) is 3.28. The van der Waals surface area contributed by atoms with Crippen molar-refractivity contribution in [3.05, 3.63) is 0 Å². The van der Waals surface area contributed by atoms with Crippen molar-refractivity contribution >= 4 is 12.6 Å². The highest BCUT2D eigenvalue weighted by molar-refractivity contribution is 7.80. The molecule has 0 amide bonds. The zero-order valence-corrected chi connectivity index (χ0v) is 6.42. The molecule has 46 valence electrons. The molecule has 0 spiro atoms. The van der Waals surface area contributed by atoms with E-state index in [0.29, 0.717) is 5.25 Å². The fourth-order valence-electron chi connectivity index (χ4n) is 0. The van der Waals surface area contributed by atoms with Crippen LogP contribution in [0.4, 0.5) is 0 Å². The van der Waals surface area contributed by atoms with Crippen LogP contribution in [-0.4, -0.2) is 19.3 Å². The van der Waals surface area contributed by atoms with Crippen molar-refractivity contribution in [2.24, 2.45) is 0 Å². The maximum absolute atomic E-state index is 3.97. The predicted octanol–water partition coefficient (Wildman–Crippen LogP) is 1.16. The average Bonchev–Trinajstić information content (AvgIpc) is 1.33. The number of nitrogens with one attached hydrogen (secondary N) is 1. The summed E-state index contributed by atoms with van der Waals surface area (Å²) in [5.41, 5.74) is 0. The minimum Gasteiger partial charge on any atom is -0.323 e. The molecule has 0 aliphatic carbocycles. The van der Waals surface area contributed by atoms with Crippen LogP contribution < -0.4 is 5.32 Å². The van der Waals surface area contributed by atoms with Crippen molar-refractivity contribution in [2.75, 3.05) is 14.1 Å². The summed E-state index contributed by atoms with van der Waals surface area (Å²) < 4.78 is 0. The first-order valence-corrected chi connectivity index (χ1v) is 2.93. The van der Waals surface area contributed by atoms with Crippen LogP contribution in [0.2, 0.25) is 0 Å². The molecule has 0 rings (SSSR count). The van der Waals surface area contributed by atoms with Gasteiger partial charge in [-0.25, -0.2) is 0 Å². The Morgan fingerprint density at radius 2 is 1.29 bits per heavy atom. The summed E-state index contributed by atoms with van der Waals surface area (Å²) in [7, 11) is 3.75. The van der Waals surface area contributed by atoms with Gasteiger partial charge in [0.1, 0.15) is 0 Å². The van der Waals surface area contributed by atoms with E-state index in [-0.39, 0.29) is 0 Å². The predicted molar refractivity (Wildman–Crippen MR) is 39.1 cm³/mol. The van der Waals surface area contributed by atoms with E-state index in [1.807, 2.05) is 27.9 Å². The lowest BCUT2D eigenvalue weighted by molar-refractivity contribution is 1.02. The maximum Gasteiger partial charge on any atom is -0.00399 e. The van der Waals surface area contributed by atoms with Crippen LogP contribution in [-0.2, 0) is 0 Å². The summed E-state index contributed by atoms with van der Waals surface area (Å²) in [6.45, 7) is 4.06. The van der Waals surface area contributed by atoms with Crippen LogP contribution >= 0.6 is 12.6 Å². The third kappa shape index (κ3) is 1220. The molecular formula is C5H15NS. The van der Waals surface area contributed by atoms with E-state index in [2.05, 4.69) is 17.9 Å². The first-order chi connectivity index (χ1) is 3.15. The molecule has 0 heterocycles. The SMILES string of the molecule is CC(C)S.CNC. The second kappa shape index (κ2) is 9.58. The number of rotatable bonds is 0. The quantitative estimate of drug-likeness (QED) is 0.458. The molecule has 0 fully saturated rings. The Balaban J connectivity index is 0. The van der Waals surface area contributed by atoms with Crippen LogP contribution in [0.5, 0.6) is 0 Å². The third-order valence-electron chi connectivity index (χ3n) is 0. The van der Waals surface area contributed by atoms with E-state index in [9.17, 15) is 0 Å². The molecule has 0 atom stereocenters. The largest absolute Gasteiger partial charge is 0.323 e. The lowest BCUT2D eigenvalue weighted by Gasteiger charge is -1.78. The molecule has 0 saturated carbocycles. The van der Waals surface area contributed by atoms with Gasteiger partial charge < -0.3 is 5.32 Å². The van der Waals surface area contributed by atoms with Gasteiger partial charge in [-0.05, 0) is 19.3 Å². The first-order valence-electron chi connectivity index (χ1n) is 2.41. The summed E-state index contributed by atoms with van der Waals surface area (Å²) in [4.78, 5) is 0. The zero-order chi connectivity index (χ0) is 6.28. The molecular weight excluding hydrogens is 106 g/mol. The van der Waals surface area contributed by atoms with Crippen molar-refractivity contribution in [3.63, 3.8) is 0 Å². The Morgan fingerprint density at radius 3 is 1.29 bits per heavy atom. The number of thiol groups is 1. The number of hydrogen-bond donors (Lipinski definition) is 2. The Bertz CT molecular complexity index is 19.3. The maximum atomic E-state index is 3.97. The van der Waals surface area contributed by atoms with Crippen molar-refractivity contribution in [1.82, 2.24) is 5.32 Å². The van der Waals surface area contributed by atoms with Crippen LogP contribution in [0, 0.1) is 0 Å². The van der Waals surface area contributed by atoms with Crippen LogP contribution in [0.3, 0.4) is 0 Å². The lowest BCUT2D eigenvalue weighted by atomic mass is 10.6. The normalized spacial score (nSPS) is 7.71. The standard InChI is InChI=1S/C3H8S.C2H7N/c1-3(2)4;1-3-2/h3-4H,1-2H3;3H,1-2H3. The Hall–Kier alpha value is 0.310. The van der Waals surface area contributed by atoms with Gasteiger partial charge in [-0.3, -0.25) is 0 Å². The van der Waals surface area contributed by atoms with Gasteiger partial charge in [0.25, 0.3) is 0 Å². The molecule has 1 nitrogen and oxygen atoms in total. The van der Waals surface area contributed by atoms with E-state index in [0.717, 1.165) is 0 Å². The van der Waals surface area contributed by atoms with Gasteiger partial charge in [-0.2, -0.15) is 12.6 Å². The van der Waals surface area contributed by atoms with Crippen LogP contribution in [0.1, 0.15) is 13.8 Å². The van der Waals surface area contributed by atoms with E-state index >= 15 is 0 Å². The highest BCUT2D eigenvalue weighted by Gasteiger charge is 1.69. The monoisotopic (exact) mass is 121 g/mol. The molecule has 0 aromatic rings. The minimum atomic E-state index is 0.528. The molecule has 7 heavy (non-hydrogen) atoms.